The Morgan fingerprint density at radius 3 is 2.57 bits per heavy atom. The Morgan fingerprint density at radius 1 is 1.57 bits per heavy atom. The molecule has 0 saturated heterocycles. The van der Waals surface area contributed by atoms with Crippen LogP contribution in [0, 0.1) is 11.3 Å². The van der Waals surface area contributed by atoms with Crippen LogP contribution < -0.4 is 5.32 Å². The number of nitriles is 1. The normalized spacial score (nSPS) is 11.3. The summed E-state index contributed by atoms with van der Waals surface area (Å²) in [7, 11) is 1.57. The molecule has 5 heteroatoms. The number of nitrogens with one attached hydrogen (secondary N) is 1. The number of rotatable bonds is 3. The minimum atomic E-state index is -0.727. The van der Waals surface area contributed by atoms with Crippen LogP contribution in [0.1, 0.15) is 20.3 Å². The maximum absolute atomic E-state index is 11.4. The molecule has 0 aromatic heterocycles. The second kappa shape index (κ2) is 5.97. The molecule has 1 N–H and O–H groups in total. The van der Waals surface area contributed by atoms with Gasteiger partial charge < -0.3 is 10.2 Å². The smallest absolute Gasteiger partial charge is 0.311 e. The first kappa shape index (κ1) is 12.4. The van der Waals surface area contributed by atoms with Gasteiger partial charge in [0, 0.05) is 13.1 Å². The largest absolute Gasteiger partial charge is 0.335 e. The lowest BCUT2D eigenvalue weighted by atomic mass is 10.2. The molecule has 2 amide bonds. The predicted octanol–water partition coefficient (Wildman–Crippen LogP) is -0.117. The van der Waals surface area contributed by atoms with Crippen molar-refractivity contribution in [1.82, 2.24) is 10.2 Å². The van der Waals surface area contributed by atoms with E-state index in [0.717, 1.165) is 6.42 Å². The van der Waals surface area contributed by atoms with Gasteiger partial charge in [0.2, 0.25) is 0 Å². The van der Waals surface area contributed by atoms with Crippen molar-refractivity contribution in [2.75, 3.05) is 13.6 Å². The summed E-state index contributed by atoms with van der Waals surface area (Å²) in [5, 5.41) is 10.4. The van der Waals surface area contributed by atoms with E-state index < -0.39 is 11.8 Å². The summed E-state index contributed by atoms with van der Waals surface area (Å²) in [5.41, 5.74) is 0. The minimum absolute atomic E-state index is 0.0235. The van der Waals surface area contributed by atoms with Gasteiger partial charge in [0.15, 0.2) is 0 Å². The highest BCUT2D eigenvalue weighted by atomic mass is 16.2. The maximum Gasteiger partial charge on any atom is 0.311 e. The van der Waals surface area contributed by atoms with Gasteiger partial charge in [-0.15, -0.1) is 0 Å². The zero-order valence-electron chi connectivity index (χ0n) is 8.70. The highest BCUT2D eigenvalue weighted by Crippen LogP contribution is 1.99. The molecule has 0 aromatic carbocycles. The number of carbonyl (C=O) groups excluding carboxylic acids is 2. The third-order valence-corrected chi connectivity index (χ3v) is 2.09. The molecule has 0 aromatic rings. The number of carbonyl (C=O) groups is 2. The van der Waals surface area contributed by atoms with Crippen LogP contribution in [-0.4, -0.2) is 36.3 Å². The van der Waals surface area contributed by atoms with E-state index in [1.807, 2.05) is 13.8 Å². The predicted molar refractivity (Wildman–Crippen MR) is 51.1 cm³/mol. The van der Waals surface area contributed by atoms with Crippen LogP contribution >= 0.6 is 0 Å². The van der Waals surface area contributed by atoms with Crippen molar-refractivity contribution in [2.45, 2.75) is 26.3 Å². The summed E-state index contributed by atoms with van der Waals surface area (Å²) in [4.78, 5) is 23.8. The number of hydrogen-bond acceptors (Lipinski definition) is 3. The summed E-state index contributed by atoms with van der Waals surface area (Å²) in [6, 6.07) is 1.76. The first-order chi connectivity index (χ1) is 6.54. The van der Waals surface area contributed by atoms with E-state index in [1.165, 1.54) is 4.90 Å². The number of nitrogens with zero attached hydrogens (tertiary/aromatic N) is 2. The fourth-order valence-corrected chi connectivity index (χ4v) is 0.830. The lowest BCUT2D eigenvalue weighted by molar-refractivity contribution is -0.146. The third-order valence-electron chi connectivity index (χ3n) is 2.09. The highest BCUT2D eigenvalue weighted by Gasteiger charge is 2.20. The Hall–Kier alpha value is -1.57. The molecule has 1 unspecified atom stereocenters. The fourth-order valence-electron chi connectivity index (χ4n) is 0.830. The Labute approximate surface area is 83.7 Å². The van der Waals surface area contributed by atoms with Crippen molar-refractivity contribution in [1.29, 1.82) is 5.26 Å². The molecule has 0 spiro atoms. The molecule has 5 nitrogen and oxygen atoms in total. The van der Waals surface area contributed by atoms with Gasteiger partial charge in [-0.3, -0.25) is 9.59 Å². The lowest BCUT2D eigenvalue weighted by Crippen LogP contribution is -2.44. The van der Waals surface area contributed by atoms with Crippen LogP contribution in [0.15, 0.2) is 0 Å². The molecule has 0 aliphatic heterocycles. The van der Waals surface area contributed by atoms with Gasteiger partial charge >= 0.3 is 11.8 Å². The van der Waals surface area contributed by atoms with Crippen LogP contribution in [0.5, 0.6) is 0 Å². The van der Waals surface area contributed by atoms with Crippen LogP contribution in [0.3, 0.4) is 0 Å². The zero-order chi connectivity index (χ0) is 11.1. The maximum atomic E-state index is 11.4. The molecular formula is C9H15N3O2. The third kappa shape index (κ3) is 3.44. The van der Waals surface area contributed by atoms with Crippen molar-refractivity contribution in [3.8, 4) is 6.07 Å². The molecule has 0 rings (SSSR count). The van der Waals surface area contributed by atoms with E-state index in [2.05, 4.69) is 5.32 Å². The average molecular weight is 197 g/mol. The van der Waals surface area contributed by atoms with E-state index in [0.29, 0.717) is 0 Å². The molecule has 0 saturated carbocycles. The van der Waals surface area contributed by atoms with E-state index in [-0.39, 0.29) is 12.6 Å². The van der Waals surface area contributed by atoms with Gasteiger partial charge in [-0.2, -0.15) is 5.26 Å². The number of amides is 2. The minimum Gasteiger partial charge on any atom is -0.335 e. The topological polar surface area (TPSA) is 73.2 Å². The lowest BCUT2D eigenvalue weighted by Gasteiger charge is -2.22. The molecular weight excluding hydrogens is 182 g/mol. The SMILES string of the molecule is CCC(C)N(C)C(=O)C(=O)NCC#N. The van der Waals surface area contributed by atoms with Gasteiger partial charge in [-0.1, -0.05) is 6.92 Å². The van der Waals surface area contributed by atoms with Crippen molar-refractivity contribution in [3.63, 3.8) is 0 Å². The first-order valence-corrected chi connectivity index (χ1v) is 4.46. The first-order valence-electron chi connectivity index (χ1n) is 4.46. The van der Waals surface area contributed by atoms with Gasteiger partial charge in [-0.05, 0) is 13.3 Å². The van der Waals surface area contributed by atoms with Gasteiger partial charge in [-0.25, -0.2) is 0 Å². The fraction of sp³-hybridized carbons (Fsp3) is 0.667. The molecule has 0 aliphatic carbocycles. The van der Waals surface area contributed by atoms with Gasteiger partial charge in [0.1, 0.15) is 6.54 Å². The van der Waals surface area contributed by atoms with E-state index >= 15 is 0 Å². The Kier molecular flexibility index (Phi) is 5.30. The summed E-state index contributed by atoms with van der Waals surface area (Å²) >= 11 is 0. The number of hydrogen-bond donors (Lipinski definition) is 1. The van der Waals surface area contributed by atoms with Crippen LogP contribution in [0.4, 0.5) is 0 Å². The van der Waals surface area contributed by atoms with Gasteiger partial charge in [0.05, 0.1) is 6.07 Å². The van der Waals surface area contributed by atoms with Crippen LogP contribution in [0.25, 0.3) is 0 Å². The Morgan fingerprint density at radius 2 is 2.14 bits per heavy atom. The highest BCUT2D eigenvalue weighted by molar-refractivity contribution is 6.35. The summed E-state index contributed by atoms with van der Waals surface area (Å²) in [6.07, 6.45) is 0.785. The molecule has 0 radical (unpaired) electrons. The van der Waals surface area contributed by atoms with Crippen LogP contribution in [-0.2, 0) is 9.59 Å². The van der Waals surface area contributed by atoms with Crippen LogP contribution in [0.2, 0.25) is 0 Å². The summed E-state index contributed by atoms with van der Waals surface area (Å²) < 4.78 is 0. The molecule has 78 valence electrons. The monoisotopic (exact) mass is 197 g/mol. The Bertz CT molecular complexity index is 257. The van der Waals surface area contributed by atoms with E-state index in [4.69, 9.17) is 5.26 Å². The molecule has 1 atom stereocenters. The molecule has 14 heavy (non-hydrogen) atoms. The summed E-state index contributed by atoms with van der Waals surface area (Å²) in [5.74, 6) is -1.33. The van der Waals surface area contributed by atoms with E-state index in [9.17, 15) is 9.59 Å². The average Bonchev–Trinajstić information content (AvgIpc) is 2.22. The van der Waals surface area contributed by atoms with E-state index in [1.54, 1.807) is 13.1 Å². The summed E-state index contributed by atoms with van der Waals surface area (Å²) in [6.45, 7) is 3.65. The van der Waals surface area contributed by atoms with Crippen molar-refractivity contribution in [2.24, 2.45) is 0 Å². The second-order valence-corrected chi connectivity index (χ2v) is 3.01. The number of likely N-dealkylation sites (N-methyl/N-ethyl adjacent to an activating group) is 1. The zero-order valence-corrected chi connectivity index (χ0v) is 8.70. The second-order valence-electron chi connectivity index (χ2n) is 3.01. The molecule has 0 heterocycles. The van der Waals surface area contributed by atoms with Crippen molar-refractivity contribution < 1.29 is 9.59 Å². The Balaban J connectivity index is 4.19. The standard InChI is InChI=1S/C9H15N3O2/c1-4-7(2)12(3)9(14)8(13)11-6-5-10/h7H,4,6H2,1-3H3,(H,11,13). The molecule has 0 aliphatic rings. The van der Waals surface area contributed by atoms with Crippen molar-refractivity contribution in [3.05, 3.63) is 0 Å². The van der Waals surface area contributed by atoms with Gasteiger partial charge in [0.25, 0.3) is 0 Å². The quantitative estimate of drug-likeness (QED) is 0.506. The molecule has 0 bridgehead atoms. The molecule has 0 fully saturated rings. The van der Waals surface area contributed by atoms with Crippen molar-refractivity contribution >= 4 is 11.8 Å².